The van der Waals surface area contributed by atoms with Crippen LogP contribution in [0.3, 0.4) is 0 Å². The summed E-state index contributed by atoms with van der Waals surface area (Å²) in [6.07, 6.45) is 3.89. The lowest BCUT2D eigenvalue weighted by Gasteiger charge is -2.07. The molecule has 0 bridgehead atoms. The molecular formula is C18H18N2O3. The van der Waals surface area contributed by atoms with Gasteiger partial charge in [0.25, 0.3) is 0 Å². The first-order valence-corrected chi connectivity index (χ1v) is 7.17. The average molecular weight is 310 g/mol. The number of nitrogens with one attached hydrogen (secondary N) is 1. The summed E-state index contributed by atoms with van der Waals surface area (Å²) in [5.74, 6) is 2.99. The number of fused-ring (bicyclic) bond motifs is 1. The van der Waals surface area contributed by atoms with Crippen LogP contribution in [0.25, 0.3) is 23.2 Å². The molecule has 0 spiro atoms. The van der Waals surface area contributed by atoms with Crippen LogP contribution in [-0.4, -0.2) is 31.3 Å². The van der Waals surface area contributed by atoms with Crippen molar-refractivity contribution in [3.05, 3.63) is 47.8 Å². The van der Waals surface area contributed by atoms with E-state index in [2.05, 4.69) is 9.97 Å². The second kappa shape index (κ2) is 6.44. The van der Waals surface area contributed by atoms with Crippen LogP contribution in [0.1, 0.15) is 11.4 Å². The van der Waals surface area contributed by atoms with E-state index in [1.54, 1.807) is 21.3 Å². The Balaban J connectivity index is 1.87. The topological polar surface area (TPSA) is 56.4 Å². The summed E-state index contributed by atoms with van der Waals surface area (Å²) >= 11 is 0. The van der Waals surface area contributed by atoms with E-state index >= 15 is 0 Å². The van der Waals surface area contributed by atoms with Crippen LogP contribution in [0.5, 0.6) is 17.2 Å². The van der Waals surface area contributed by atoms with Crippen molar-refractivity contribution in [2.45, 2.75) is 0 Å². The summed E-state index contributed by atoms with van der Waals surface area (Å²) < 4.78 is 15.8. The van der Waals surface area contributed by atoms with Crippen molar-refractivity contribution < 1.29 is 14.2 Å². The van der Waals surface area contributed by atoms with Crippen molar-refractivity contribution >= 4 is 23.2 Å². The van der Waals surface area contributed by atoms with Crippen molar-refractivity contribution in [2.24, 2.45) is 0 Å². The smallest absolute Gasteiger partial charge is 0.161 e. The van der Waals surface area contributed by atoms with Gasteiger partial charge in [-0.3, -0.25) is 0 Å². The Bertz CT molecular complexity index is 853. The van der Waals surface area contributed by atoms with E-state index in [0.29, 0.717) is 11.5 Å². The molecule has 3 aromatic rings. The number of ether oxygens (including phenoxy) is 3. The zero-order valence-electron chi connectivity index (χ0n) is 13.3. The van der Waals surface area contributed by atoms with E-state index in [1.807, 2.05) is 48.6 Å². The van der Waals surface area contributed by atoms with Crippen molar-refractivity contribution in [3.63, 3.8) is 0 Å². The Labute approximate surface area is 134 Å². The highest BCUT2D eigenvalue weighted by Gasteiger charge is 2.04. The fraction of sp³-hybridized carbons (Fsp3) is 0.167. The third-order valence-corrected chi connectivity index (χ3v) is 3.55. The number of imidazole rings is 1. The molecule has 0 unspecified atom stereocenters. The van der Waals surface area contributed by atoms with Gasteiger partial charge in [0.05, 0.1) is 32.4 Å². The molecule has 23 heavy (non-hydrogen) atoms. The lowest BCUT2D eigenvalue weighted by atomic mass is 10.2. The van der Waals surface area contributed by atoms with Crippen molar-refractivity contribution in [2.75, 3.05) is 21.3 Å². The lowest BCUT2D eigenvalue weighted by molar-refractivity contribution is 0.355. The summed E-state index contributed by atoms with van der Waals surface area (Å²) in [4.78, 5) is 7.78. The number of nitrogens with zero attached hydrogens (tertiary/aromatic N) is 1. The van der Waals surface area contributed by atoms with Gasteiger partial charge in [0, 0.05) is 6.07 Å². The van der Waals surface area contributed by atoms with Gasteiger partial charge in [0.15, 0.2) is 11.5 Å². The van der Waals surface area contributed by atoms with Gasteiger partial charge in [0.1, 0.15) is 11.6 Å². The van der Waals surface area contributed by atoms with Crippen LogP contribution in [0.4, 0.5) is 0 Å². The van der Waals surface area contributed by atoms with E-state index in [9.17, 15) is 0 Å². The SMILES string of the molecule is COc1ccc2nc(C=Cc3ccc(OC)c(OC)c3)[nH]c2c1. The lowest BCUT2D eigenvalue weighted by Crippen LogP contribution is -1.90. The summed E-state index contributed by atoms with van der Waals surface area (Å²) in [7, 11) is 4.89. The third-order valence-electron chi connectivity index (χ3n) is 3.55. The molecule has 0 saturated heterocycles. The number of hydrogen-bond acceptors (Lipinski definition) is 4. The Hall–Kier alpha value is -2.95. The maximum Gasteiger partial charge on any atom is 0.161 e. The zero-order chi connectivity index (χ0) is 16.2. The molecule has 3 rings (SSSR count). The Morgan fingerprint density at radius 3 is 2.43 bits per heavy atom. The molecule has 1 heterocycles. The molecule has 0 radical (unpaired) electrons. The van der Waals surface area contributed by atoms with Crippen LogP contribution >= 0.6 is 0 Å². The molecule has 0 aliphatic rings. The van der Waals surface area contributed by atoms with E-state index in [-0.39, 0.29) is 0 Å². The van der Waals surface area contributed by atoms with Gasteiger partial charge in [0.2, 0.25) is 0 Å². The monoisotopic (exact) mass is 310 g/mol. The second-order valence-corrected chi connectivity index (χ2v) is 4.95. The summed E-state index contributed by atoms with van der Waals surface area (Å²) in [5.41, 5.74) is 2.84. The Kier molecular flexibility index (Phi) is 4.19. The van der Waals surface area contributed by atoms with Crippen LogP contribution in [0.2, 0.25) is 0 Å². The molecule has 5 nitrogen and oxygen atoms in total. The second-order valence-electron chi connectivity index (χ2n) is 4.95. The highest BCUT2D eigenvalue weighted by molar-refractivity contribution is 5.80. The molecule has 1 aromatic heterocycles. The van der Waals surface area contributed by atoms with Gasteiger partial charge in [-0.05, 0) is 35.9 Å². The summed E-state index contributed by atoms with van der Waals surface area (Å²) in [6, 6.07) is 11.5. The van der Waals surface area contributed by atoms with E-state index in [4.69, 9.17) is 14.2 Å². The van der Waals surface area contributed by atoms with E-state index in [1.165, 1.54) is 0 Å². The number of aromatic nitrogens is 2. The van der Waals surface area contributed by atoms with Gasteiger partial charge < -0.3 is 19.2 Å². The molecule has 1 N–H and O–H groups in total. The molecule has 0 aliphatic heterocycles. The molecule has 5 heteroatoms. The van der Waals surface area contributed by atoms with Gasteiger partial charge in [-0.15, -0.1) is 0 Å². The van der Waals surface area contributed by atoms with Crippen LogP contribution < -0.4 is 14.2 Å². The summed E-state index contributed by atoms with van der Waals surface area (Å²) in [5, 5.41) is 0. The zero-order valence-corrected chi connectivity index (χ0v) is 13.3. The minimum Gasteiger partial charge on any atom is -0.497 e. The first-order chi connectivity index (χ1) is 11.2. The molecular weight excluding hydrogens is 292 g/mol. The molecule has 0 fully saturated rings. The normalized spacial score (nSPS) is 11.1. The van der Waals surface area contributed by atoms with Gasteiger partial charge >= 0.3 is 0 Å². The standard InChI is InChI=1S/C18H18N2O3/c1-21-13-6-7-14-15(11-13)20-18(19-14)9-5-12-4-8-16(22-2)17(10-12)23-3/h4-11H,1-3H3,(H,19,20). The largest absolute Gasteiger partial charge is 0.497 e. The third kappa shape index (κ3) is 3.13. The molecule has 0 aliphatic carbocycles. The molecule has 2 aromatic carbocycles. The minimum atomic E-state index is 0.698. The Morgan fingerprint density at radius 2 is 1.70 bits per heavy atom. The predicted molar refractivity (Wildman–Crippen MR) is 91.1 cm³/mol. The van der Waals surface area contributed by atoms with Crippen molar-refractivity contribution in [1.29, 1.82) is 0 Å². The van der Waals surface area contributed by atoms with Gasteiger partial charge in [-0.2, -0.15) is 0 Å². The first-order valence-electron chi connectivity index (χ1n) is 7.17. The van der Waals surface area contributed by atoms with E-state index < -0.39 is 0 Å². The molecule has 118 valence electrons. The minimum absolute atomic E-state index is 0.698. The van der Waals surface area contributed by atoms with Crippen LogP contribution in [0, 0.1) is 0 Å². The Morgan fingerprint density at radius 1 is 0.870 bits per heavy atom. The average Bonchev–Trinajstić information content (AvgIpc) is 3.01. The fourth-order valence-corrected chi connectivity index (χ4v) is 2.35. The quantitative estimate of drug-likeness (QED) is 0.779. The summed E-state index contributed by atoms with van der Waals surface area (Å²) in [6.45, 7) is 0. The van der Waals surface area contributed by atoms with Crippen molar-refractivity contribution in [3.8, 4) is 17.2 Å². The molecule has 0 amide bonds. The van der Waals surface area contributed by atoms with Crippen molar-refractivity contribution in [1.82, 2.24) is 9.97 Å². The maximum atomic E-state index is 5.31. The van der Waals surface area contributed by atoms with Crippen LogP contribution in [0.15, 0.2) is 36.4 Å². The van der Waals surface area contributed by atoms with Crippen LogP contribution in [-0.2, 0) is 0 Å². The molecule has 0 atom stereocenters. The number of benzene rings is 2. The number of H-pyrrole nitrogens is 1. The number of rotatable bonds is 5. The highest BCUT2D eigenvalue weighted by Crippen LogP contribution is 2.28. The van der Waals surface area contributed by atoms with Gasteiger partial charge in [-0.25, -0.2) is 4.98 Å². The first kappa shape index (κ1) is 15.0. The number of aromatic amines is 1. The predicted octanol–water partition coefficient (Wildman–Crippen LogP) is 3.76. The number of hydrogen-bond donors (Lipinski definition) is 1. The number of methoxy groups -OCH3 is 3. The van der Waals surface area contributed by atoms with Gasteiger partial charge in [-0.1, -0.05) is 12.1 Å². The fourth-order valence-electron chi connectivity index (χ4n) is 2.35. The maximum absolute atomic E-state index is 5.31. The highest BCUT2D eigenvalue weighted by atomic mass is 16.5. The van der Waals surface area contributed by atoms with E-state index in [0.717, 1.165) is 28.2 Å². The molecule has 0 saturated carbocycles.